The van der Waals surface area contributed by atoms with Crippen LogP contribution in [0.4, 0.5) is 0 Å². The van der Waals surface area contributed by atoms with Crippen LogP contribution in [0.1, 0.15) is 325 Å². The zero-order valence-electron chi connectivity index (χ0n) is 57.4. The summed E-state index contributed by atoms with van der Waals surface area (Å²) >= 11 is 0. The second kappa shape index (κ2) is 60.5. The van der Waals surface area contributed by atoms with E-state index in [1.54, 1.807) is 0 Å². The Balaban J connectivity index is 5.28. The van der Waals surface area contributed by atoms with Crippen molar-refractivity contribution >= 4 is 39.5 Å². The average molecular weight is 1310 g/mol. The van der Waals surface area contributed by atoms with Crippen LogP contribution < -0.4 is 0 Å². The summed E-state index contributed by atoms with van der Waals surface area (Å²) in [5, 5.41) is 10.6. The van der Waals surface area contributed by atoms with E-state index in [-0.39, 0.29) is 25.7 Å². The predicted molar refractivity (Wildman–Crippen MR) is 358 cm³/mol. The molecular weight excluding hydrogens is 1170 g/mol. The van der Waals surface area contributed by atoms with E-state index in [9.17, 15) is 43.2 Å². The molecule has 0 saturated heterocycles. The van der Waals surface area contributed by atoms with Crippen molar-refractivity contribution in [3.05, 3.63) is 24.3 Å². The third kappa shape index (κ3) is 62.7. The minimum atomic E-state index is -4.96. The van der Waals surface area contributed by atoms with Crippen molar-refractivity contribution in [2.45, 2.75) is 343 Å². The molecule has 0 spiro atoms. The van der Waals surface area contributed by atoms with Crippen molar-refractivity contribution in [1.29, 1.82) is 0 Å². The molecule has 0 aromatic rings. The third-order valence-corrected chi connectivity index (χ3v) is 17.8. The summed E-state index contributed by atoms with van der Waals surface area (Å²) in [6, 6.07) is 0. The lowest BCUT2D eigenvalue weighted by molar-refractivity contribution is -0.161. The van der Waals surface area contributed by atoms with Crippen LogP contribution in [0, 0.1) is 17.8 Å². The van der Waals surface area contributed by atoms with Gasteiger partial charge in [0.2, 0.25) is 0 Å². The highest BCUT2D eigenvalue weighted by Gasteiger charge is 2.30. The summed E-state index contributed by atoms with van der Waals surface area (Å²) < 4.78 is 68.2. The fourth-order valence-electron chi connectivity index (χ4n) is 9.97. The van der Waals surface area contributed by atoms with Crippen LogP contribution >= 0.6 is 15.6 Å². The Morgan fingerprint density at radius 3 is 1.00 bits per heavy atom. The quantitative estimate of drug-likeness (QED) is 0.0169. The van der Waals surface area contributed by atoms with Crippen LogP contribution in [0.5, 0.6) is 0 Å². The Kier molecular flexibility index (Phi) is 58.8. The highest BCUT2D eigenvalue weighted by molar-refractivity contribution is 7.47. The summed E-state index contributed by atoms with van der Waals surface area (Å²) in [5.74, 6) is 0.0371. The number of phosphoric ester groups is 2. The van der Waals surface area contributed by atoms with Crippen molar-refractivity contribution in [3.8, 4) is 0 Å². The minimum absolute atomic E-state index is 0.0842. The van der Waals surface area contributed by atoms with Gasteiger partial charge in [-0.15, -0.1) is 0 Å². The van der Waals surface area contributed by atoms with Crippen molar-refractivity contribution < 1.29 is 80.2 Å². The number of aliphatic hydroxyl groups excluding tert-OH is 1. The summed E-state index contributed by atoms with van der Waals surface area (Å²) in [6.45, 7) is 11.7. The molecule has 0 bridgehead atoms. The zero-order chi connectivity index (χ0) is 65.9. The fraction of sp³-hybridized carbons (Fsp3) is 0.886. The van der Waals surface area contributed by atoms with Crippen molar-refractivity contribution in [2.75, 3.05) is 39.6 Å². The number of phosphoric acid groups is 2. The molecule has 0 aliphatic rings. The number of rotatable bonds is 66. The summed E-state index contributed by atoms with van der Waals surface area (Å²) in [5.41, 5.74) is 0. The fourth-order valence-corrected chi connectivity index (χ4v) is 11.5. The molecule has 524 valence electrons. The molecule has 17 nitrogen and oxygen atoms in total. The number of ether oxygens (including phenoxy) is 4. The molecule has 19 heteroatoms. The second-order valence-corrected chi connectivity index (χ2v) is 28.7. The van der Waals surface area contributed by atoms with Gasteiger partial charge in [-0.1, -0.05) is 272 Å². The van der Waals surface area contributed by atoms with Crippen LogP contribution in [0.15, 0.2) is 24.3 Å². The van der Waals surface area contributed by atoms with Gasteiger partial charge in [-0.3, -0.25) is 37.3 Å². The van der Waals surface area contributed by atoms with Gasteiger partial charge in [0.1, 0.15) is 19.3 Å². The van der Waals surface area contributed by atoms with E-state index in [2.05, 4.69) is 72.8 Å². The molecule has 0 aromatic carbocycles. The van der Waals surface area contributed by atoms with Gasteiger partial charge in [0, 0.05) is 25.7 Å². The molecule has 6 atom stereocenters. The molecule has 0 aliphatic heterocycles. The van der Waals surface area contributed by atoms with E-state index in [4.69, 9.17) is 37.0 Å². The molecule has 0 aromatic heterocycles. The molecule has 3 N–H and O–H groups in total. The minimum Gasteiger partial charge on any atom is -0.462 e. The maximum atomic E-state index is 13.0. The Bertz CT molecular complexity index is 1840. The number of allylic oxidation sites excluding steroid dienone is 4. The maximum Gasteiger partial charge on any atom is 0.472 e. The number of hydrogen-bond acceptors (Lipinski definition) is 15. The molecule has 0 aliphatic carbocycles. The van der Waals surface area contributed by atoms with Crippen LogP contribution in [-0.2, 0) is 65.4 Å². The molecule has 4 unspecified atom stereocenters. The Morgan fingerprint density at radius 2 is 0.663 bits per heavy atom. The van der Waals surface area contributed by atoms with E-state index in [1.807, 2.05) is 0 Å². The van der Waals surface area contributed by atoms with Gasteiger partial charge in [-0.25, -0.2) is 9.13 Å². The SMILES string of the molecule is CCCCCC/C=C\C=C/CCCCCCCC(=O)O[C@H](COC(=O)CCCCCCCCCCCCC(C)CC)COP(=O)(O)OCC(O)COP(=O)(O)OC[C@@H](COC(=O)CCCCCCCCCCC(C)C)OC(=O)CCCCCCCCC(C)C. The molecule has 0 heterocycles. The van der Waals surface area contributed by atoms with Gasteiger partial charge in [-0.2, -0.15) is 0 Å². The molecule has 0 radical (unpaired) electrons. The van der Waals surface area contributed by atoms with Gasteiger partial charge in [0.25, 0.3) is 0 Å². The number of aliphatic hydroxyl groups is 1. The van der Waals surface area contributed by atoms with E-state index in [1.165, 1.54) is 122 Å². The average Bonchev–Trinajstić information content (AvgIpc) is 3.71. The van der Waals surface area contributed by atoms with Crippen LogP contribution in [0.25, 0.3) is 0 Å². The Hall–Kier alpha value is -2.46. The zero-order valence-corrected chi connectivity index (χ0v) is 59.2. The number of carbonyl (C=O) groups is 4. The first-order valence-electron chi connectivity index (χ1n) is 35.7. The van der Waals surface area contributed by atoms with Gasteiger partial charge in [0.05, 0.1) is 26.4 Å². The topological polar surface area (TPSA) is 237 Å². The summed E-state index contributed by atoms with van der Waals surface area (Å²) in [4.78, 5) is 72.5. The van der Waals surface area contributed by atoms with E-state index < -0.39 is 97.5 Å². The van der Waals surface area contributed by atoms with E-state index >= 15 is 0 Å². The molecular formula is C70H132O17P2. The summed E-state index contributed by atoms with van der Waals surface area (Å²) in [6.07, 6.45) is 46.8. The Morgan fingerprint density at radius 1 is 0.371 bits per heavy atom. The number of carbonyl (C=O) groups excluding carboxylic acids is 4. The van der Waals surface area contributed by atoms with Crippen molar-refractivity contribution in [1.82, 2.24) is 0 Å². The predicted octanol–water partition coefficient (Wildman–Crippen LogP) is 19.4. The van der Waals surface area contributed by atoms with Crippen LogP contribution in [-0.4, -0.2) is 96.7 Å². The summed E-state index contributed by atoms with van der Waals surface area (Å²) in [7, 11) is -9.91. The first kappa shape index (κ1) is 86.5. The largest absolute Gasteiger partial charge is 0.472 e. The van der Waals surface area contributed by atoms with Crippen molar-refractivity contribution in [3.63, 3.8) is 0 Å². The van der Waals surface area contributed by atoms with E-state index in [0.717, 1.165) is 115 Å². The smallest absolute Gasteiger partial charge is 0.462 e. The van der Waals surface area contributed by atoms with Gasteiger partial charge in [-0.05, 0) is 69.1 Å². The molecule has 0 saturated carbocycles. The Labute approximate surface area is 542 Å². The maximum absolute atomic E-state index is 13.0. The molecule has 89 heavy (non-hydrogen) atoms. The van der Waals surface area contributed by atoms with Gasteiger partial charge < -0.3 is 33.8 Å². The second-order valence-electron chi connectivity index (χ2n) is 25.8. The number of esters is 4. The monoisotopic (exact) mass is 1310 g/mol. The highest BCUT2D eigenvalue weighted by atomic mass is 31.2. The van der Waals surface area contributed by atoms with Crippen LogP contribution in [0.3, 0.4) is 0 Å². The number of hydrogen-bond donors (Lipinski definition) is 3. The lowest BCUT2D eigenvalue weighted by Crippen LogP contribution is -2.30. The third-order valence-electron chi connectivity index (χ3n) is 15.9. The normalized spacial score (nSPS) is 14.7. The standard InChI is InChI=1S/C70H132O17P2/c1-8-10-11-12-13-14-15-16-17-18-19-24-31-39-46-53-69(74)86-65(57-80-67(72)51-44-37-29-23-21-20-22-28-36-43-50-63(7)9-2)59-84-88(76,77)82-55-64(71)56-83-89(78,79)85-60-66(87-70(75)54-47-40-33-32-35-42-49-62(5)6)58-81-68(73)52-45-38-30-26-25-27-34-41-48-61(3)4/h14-17,61-66,71H,8-13,18-60H2,1-7H3,(H,76,77)(H,78,79)/b15-14-,17-16-/t63?,64?,65-,66-/m1/s1. The van der Waals surface area contributed by atoms with Gasteiger partial charge in [0.15, 0.2) is 12.2 Å². The number of unbranched alkanes of at least 4 members (excludes halogenated alkanes) is 30. The van der Waals surface area contributed by atoms with Crippen LogP contribution in [0.2, 0.25) is 0 Å². The molecule has 0 amide bonds. The molecule has 0 rings (SSSR count). The van der Waals surface area contributed by atoms with Crippen molar-refractivity contribution in [2.24, 2.45) is 17.8 Å². The first-order chi connectivity index (χ1) is 42.8. The molecule has 0 fully saturated rings. The van der Waals surface area contributed by atoms with E-state index in [0.29, 0.717) is 31.6 Å². The first-order valence-corrected chi connectivity index (χ1v) is 38.7. The lowest BCUT2D eigenvalue weighted by atomic mass is 9.99. The highest BCUT2D eigenvalue weighted by Crippen LogP contribution is 2.45. The lowest BCUT2D eigenvalue weighted by Gasteiger charge is -2.21. The van der Waals surface area contributed by atoms with Gasteiger partial charge >= 0.3 is 39.5 Å².